The number of terminal acetylenes is 1. The zero-order valence-electron chi connectivity index (χ0n) is 36.9. The lowest BCUT2D eigenvalue weighted by Gasteiger charge is -2.32. The van der Waals surface area contributed by atoms with Crippen LogP contribution in [0.5, 0.6) is 0 Å². The van der Waals surface area contributed by atoms with Crippen LogP contribution in [0, 0.1) is 95.2 Å². The molecule has 11 heteroatoms. The average molecular weight is 1020 g/mol. The number of nitrogens with zero attached hydrogens (tertiary/aromatic N) is 2. The van der Waals surface area contributed by atoms with Crippen molar-refractivity contribution in [3.63, 3.8) is 0 Å². The molecule has 0 unspecified atom stereocenters. The summed E-state index contributed by atoms with van der Waals surface area (Å²) in [7, 11) is -0.400. The molecule has 3 aromatic heterocycles. The molecule has 1 N–H and O–H groups in total. The van der Waals surface area contributed by atoms with Crippen LogP contribution in [0.25, 0.3) is 32.3 Å². The van der Waals surface area contributed by atoms with Gasteiger partial charge in [-0.25, -0.2) is 0 Å². The summed E-state index contributed by atoms with van der Waals surface area (Å²) >= 11 is 6.73. The molecule has 1 aliphatic heterocycles. The number of aromatic nitrogens is 3. The monoisotopic (exact) mass is 1010 g/mol. The van der Waals surface area contributed by atoms with E-state index < -0.39 is 7.12 Å². The number of H-pyrrole nitrogens is 1. The number of hydrogen-bond donors (Lipinski definition) is 1. The average Bonchev–Trinajstić information content (AvgIpc) is 3.51. The van der Waals surface area contributed by atoms with Crippen LogP contribution in [0.1, 0.15) is 63.3 Å². The Balaban J connectivity index is 0.000000311. The number of nitrogens with one attached hydrogen (secondary N) is 1. The first-order valence-electron chi connectivity index (χ1n) is 20.1. The van der Waals surface area contributed by atoms with Crippen LogP contribution in [0.2, 0.25) is 0 Å². The van der Waals surface area contributed by atoms with Crippen LogP contribution in [-0.2, 0) is 22.4 Å². The minimum atomic E-state index is -0.400. The highest BCUT2D eigenvalue weighted by atomic mass is 79.9. The van der Waals surface area contributed by atoms with Crippen molar-refractivity contribution in [3.05, 3.63) is 131 Å². The van der Waals surface area contributed by atoms with Gasteiger partial charge >= 0.3 is 7.12 Å². The van der Waals surface area contributed by atoms with Crippen LogP contribution in [0.4, 0.5) is 0 Å². The van der Waals surface area contributed by atoms with E-state index in [9.17, 15) is 14.4 Å². The summed E-state index contributed by atoms with van der Waals surface area (Å²) in [6.45, 7) is 15.2. The lowest BCUT2D eigenvalue weighted by atomic mass is 9.78. The highest BCUT2D eigenvalue weighted by Crippen LogP contribution is 2.36. The lowest BCUT2D eigenvalue weighted by molar-refractivity contribution is 0.00578. The fraction of sp³-hybridized carbons (Fsp3) is 0.232. The van der Waals surface area contributed by atoms with Crippen molar-refractivity contribution in [2.75, 3.05) is 0 Å². The molecule has 0 amide bonds. The Hall–Kier alpha value is -7.29. The predicted octanol–water partition coefficient (Wildman–Crippen LogP) is 9.33. The first-order chi connectivity index (χ1) is 31.2. The van der Waals surface area contributed by atoms with E-state index in [4.69, 9.17) is 15.7 Å². The van der Waals surface area contributed by atoms with Crippen LogP contribution >= 0.6 is 31.9 Å². The highest BCUT2D eigenvalue weighted by molar-refractivity contribution is 9.10. The Morgan fingerprint density at radius 2 is 0.985 bits per heavy atom. The Kier molecular flexibility index (Phi) is 22.7. The van der Waals surface area contributed by atoms with Crippen LogP contribution < -0.4 is 22.1 Å². The number of halogens is 2. The van der Waals surface area contributed by atoms with Crippen molar-refractivity contribution in [1.29, 1.82) is 0 Å². The maximum absolute atomic E-state index is 12.3. The molecule has 336 valence electrons. The third-order valence-corrected chi connectivity index (χ3v) is 10.8. The quantitative estimate of drug-likeness (QED) is 0.141. The van der Waals surface area contributed by atoms with Gasteiger partial charge in [0, 0.05) is 56.8 Å². The second kappa shape index (κ2) is 27.3. The molecule has 0 atom stereocenters. The number of pyridine rings is 3. The van der Waals surface area contributed by atoms with Crippen molar-refractivity contribution in [3.8, 4) is 95.2 Å². The molecule has 0 bridgehead atoms. The fourth-order valence-electron chi connectivity index (χ4n) is 5.79. The largest absolute Gasteiger partial charge is 0.494 e. The van der Waals surface area contributed by atoms with Gasteiger partial charge in [0.15, 0.2) is 0 Å². The van der Waals surface area contributed by atoms with E-state index in [1.165, 1.54) is 0 Å². The number of aryl methyl sites for hydroxylation is 2. The third kappa shape index (κ3) is 16.0. The van der Waals surface area contributed by atoms with Crippen molar-refractivity contribution < 1.29 is 9.31 Å². The molecule has 0 saturated carbocycles. The first-order valence-corrected chi connectivity index (χ1v) is 21.7. The zero-order valence-corrected chi connectivity index (χ0v) is 40.1. The molecule has 0 aliphatic carbocycles. The predicted molar refractivity (Wildman–Crippen MR) is 286 cm³/mol. The smallest absolute Gasteiger partial charge is 0.399 e. The molecule has 0 spiro atoms. The number of rotatable bonds is 3. The lowest BCUT2D eigenvalue weighted by Crippen LogP contribution is -2.41. The molecule has 1 fully saturated rings. The Morgan fingerprint density at radius 3 is 1.43 bits per heavy atom. The van der Waals surface area contributed by atoms with E-state index in [0.29, 0.717) is 13.1 Å². The van der Waals surface area contributed by atoms with Gasteiger partial charge in [-0.3, -0.25) is 14.4 Å². The zero-order chi connectivity index (χ0) is 47.4. The van der Waals surface area contributed by atoms with E-state index in [-0.39, 0.29) is 42.7 Å². The van der Waals surface area contributed by atoms with E-state index >= 15 is 0 Å². The molecular formula is C56H50BBr2N3O5. The molecule has 67 heavy (non-hydrogen) atoms. The van der Waals surface area contributed by atoms with E-state index in [0.717, 1.165) is 46.7 Å². The van der Waals surface area contributed by atoms with Crippen LogP contribution in [-0.4, -0.2) is 32.4 Å². The molecule has 1 saturated heterocycles. The SMILES string of the molecule is C.C.C#CC#CC#CC#CC#CC#CC#CC#CC.CCn1ccc2cc(B3OC(C)(C)C(C)(C)O3)ccc2c1=O.CCn1ccc2cc(Br)ccc2c1=O.O=c1[nH]ccc2cc(Br)ccc12. The normalized spacial score (nSPS) is 11.6. The molecule has 1 aliphatic rings. The van der Waals surface area contributed by atoms with Gasteiger partial charge in [-0.05, 0) is 214 Å². The summed E-state index contributed by atoms with van der Waals surface area (Å²) in [6.07, 6.45) is 10.2. The Bertz CT molecular complexity index is 3420. The summed E-state index contributed by atoms with van der Waals surface area (Å²) in [6, 6.07) is 22.9. The summed E-state index contributed by atoms with van der Waals surface area (Å²) < 4.78 is 17.5. The van der Waals surface area contributed by atoms with Gasteiger partial charge in [-0.15, -0.1) is 6.42 Å². The summed E-state index contributed by atoms with van der Waals surface area (Å²) in [4.78, 5) is 38.0. The molecule has 7 rings (SSSR count). The van der Waals surface area contributed by atoms with Crippen molar-refractivity contribution in [2.45, 2.75) is 87.6 Å². The molecule has 3 aromatic carbocycles. The van der Waals surface area contributed by atoms with Gasteiger partial charge in [0.2, 0.25) is 0 Å². The van der Waals surface area contributed by atoms with E-state index in [1.54, 1.807) is 28.3 Å². The van der Waals surface area contributed by atoms with Crippen molar-refractivity contribution in [1.82, 2.24) is 14.1 Å². The summed E-state index contributed by atoms with van der Waals surface area (Å²) in [5.74, 6) is 36.9. The second-order valence-electron chi connectivity index (χ2n) is 14.5. The third-order valence-electron chi connectivity index (χ3n) is 9.83. The van der Waals surface area contributed by atoms with Gasteiger partial charge in [0.25, 0.3) is 16.7 Å². The first kappa shape index (κ1) is 55.8. The van der Waals surface area contributed by atoms with Gasteiger partial charge < -0.3 is 23.4 Å². The van der Waals surface area contributed by atoms with Gasteiger partial charge in [0.05, 0.1) is 11.2 Å². The maximum Gasteiger partial charge on any atom is 0.494 e. The maximum atomic E-state index is 12.3. The molecule has 6 aromatic rings. The van der Waals surface area contributed by atoms with Gasteiger partial charge in [-0.1, -0.05) is 64.8 Å². The van der Waals surface area contributed by atoms with Crippen molar-refractivity contribution >= 4 is 76.8 Å². The number of aromatic amines is 1. The molecule has 8 nitrogen and oxygen atoms in total. The number of hydrogen-bond acceptors (Lipinski definition) is 5. The van der Waals surface area contributed by atoms with Crippen LogP contribution in [0.3, 0.4) is 0 Å². The molecule has 4 heterocycles. The highest BCUT2D eigenvalue weighted by Gasteiger charge is 2.51. The molecule has 0 radical (unpaired) electrons. The Labute approximate surface area is 412 Å². The number of benzene rings is 3. The minimum Gasteiger partial charge on any atom is -0.399 e. The minimum absolute atomic E-state index is 0. The van der Waals surface area contributed by atoms with Crippen molar-refractivity contribution in [2.24, 2.45) is 0 Å². The van der Waals surface area contributed by atoms with E-state index in [1.807, 2.05) is 121 Å². The topological polar surface area (TPSA) is 95.3 Å². The number of fused-ring (bicyclic) bond motifs is 3. The summed E-state index contributed by atoms with van der Waals surface area (Å²) in [5.41, 5.74) is 0.300. The van der Waals surface area contributed by atoms with Gasteiger partial charge in [0.1, 0.15) is 0 Å². The Morgan fingerprint density at radius 1 is 0.582 bits per heavy atom. The fourth-order valence-corrected chi connectivity index (χ4v) is 6.55. The van der Waals surface area contributed by atoms with Crippen LogP contribution in [0.15, 0.2) is 115 Å². The second-order valence-corrected chi connectivity index (χ2v) is 16.4. The standard InChI is InChI=1S/C17H22BNO3.C17H4.C11H10BrNO.C9H6BrNO.2CH4/c1-6-19-10-9-12-11-13(7-8-14(12)15(19)20)18-21-16(2,3)17(4,5)22-18;1-3-5-7-9-11-13-15-17-16-14-12-10-8-6-4-2;1-2-13-6-5-8-7-9(12)3-4-10(8)11(13)14;10-7-1-2-8-6(5-7)3-4-11-9(8)12;;/h7-11H,6H2,1-5H3;1H,2H3;3-7H,2H2,1H3;1-5H,(H,11,12);2*1H4. The summed E-state index contributed by atoms with van der Waals surface area (Å²) in [5, 5.41) is 5.08. The van der Waals surface area contributed by atoms with Gasteiger partial charge in [-0.2, -0.15) is 0 Å². The molecular weight excluding hydrogens is 965 g/mol. The van der Waals surface area contributed by atoms with E-state index in [2.05, 4.69) is 126 Å².